The van der Waals surface area contributed by atoms with Crippen molar-refractivity contribution in [3.05, 3.63) is 23.8 Å². The molecule has 1 rings (SSSR count). The van der Waals surface area contributed by atoms with Gasteiger partial charge in [0.2, 0.25) is 5.91 Å². The number of benzene rings is 1. The quantitative estimate of drug-likeness (QED) is 0.678. The van der Waals surface area contributed by atoms with Crippen molar-refractivity contribution in [2.24, 2.45) is 5.73 Å². The number of anilines is 1. The van der Waals surface area contributed by atoms with Gasteiger partial charge in [-0.25, -0.2) is 0 Å². The SMILES string of the molecule is CCc1ccc(O)c(NC(=O)[C@H](N)CC)c1. The average molecular weight is 222 g/mol. The molecule has 1 atom stereocenters. The molecule has 1 amide bonds. The highest BCUT2D eigenvalue weighted by atomic mass is 16.3. The van der Waals surface area contributed by atoms with Crippen molar-refractivity contribution in [2.75, 3.05) is 5.32 Å². The molecule has 88 valence electrons. The summed E-state index contributed by atoms with van der Waals surface area (Å²) in [6.07, 6.45) is 1.42. The van der Waals surface area contributed by atoms with E-state index in [-0.39, 0.29) is 11.7 Å². The number of rotatable bonds is 4. The summed E-state index contributed by atoms with van der Waals surface area (Å²) in [6.45, 7) is 3.85. The third-order valence-electron chi connectivity index (χ3n) is 2.50. The van der Waals surface area contributed by atoms with Gasteiger partial charge in [0, 0.05) is 0 Å². The van der Waals surface area contributed by atoms with Gasteiger partial charge in [-0.15, -0.1) is 0 Å². The van der Waals surface area contributed by atoms with Crippen molar-refractivity contribution in [1.82, 2.24) is 0 Å². The lowest BCUT2D eigenvalue weighted by atomic mass is 10.1. The van der Waals surface area contributed by atoms with Gasteiger partial charge in [0.1, 0.15) is 5.75 Å². The second-order valence-electron chi connectivity index (χ2n) is 3.71. The van der Waals surface area contributed by atoms with Gasteiger partial charge in [0.25, 0.3) is 0 Å². The molecular weight excluding hydrogens is 204 g/mol. The summed E-state index contributed by atoms with van der Waals surface area (Å²) >= 11 is 0. The highest BCUT2D eigenvalue weighted by Gasteiger charge is 2.13. The van der Waals surface area contributed by atoms with Gasteiger partial charge in [-0.3, -0.25) is 4.79 Å². The van der Waals surface area contributed by atoms with Crippen LogP contribution < -0.4 is 11.1 Å². The summed E-state index contributed by atoms with van der Waals surface area (Å²) in [7, 11) is 0. The van der Waals surface area contributed by atoms with Crippen LogP contribution in [0.25, 0.3) is 0 Å². The zero-order valence-electron chi connectivity index (χ0n) is 9.66. The standard InChI is InChI=1S/C12H18N2O2/c1-3-8-5-6-11(15)10(7-8)14-12(16)9(13)4-2/h5-7,9,15H,3-4,13H2,1-2H3,(H,14,16)/t9-/m1/s1. The molecule has 0 aliphatic carbocycles. The Kier molecular flexibility index (Phi) is 4.31. The summed E-state index contributed by atoms with van der Waals surface area (Å²) in [5, 5.41) is 12.2. The van der Waals surface area contributed by atoms with E-state index in [0.717, 1.165) is 12.0 Å². The zero-order chi connectivity index (χ0) is 12.1. The fraction of sp³-hybridized carbons (Fsp3) is 0.417. The van der Waals surface area contributed by atoms with Crippen LogP contribution in [0.1, 0.15) is 25.8 Å². The Bertz CT molecular complexity index is 377. The van der Waals surface area contributed by atoms with Crippen LogP contribution in [-0.4, -0.2) is 17.1 Å². The van der Waals surface area contributed by atoms with Gasteiger partial charge in [-0.05, 0) is 30.5 Å². The summed E-state index contributed by atoms with van der Waals surface area (Å²) < 4.78 is 0. The number of aryl methyl sites for hydroxylation is 1. The first kappa shape index (κ1) is 12.5. The third kappa shape index (κ3) is 2.97. The molecule has 0 saturated heterocycles. The van der Waals surface area contributed by atoms with Crippen LogP contribution in [0.2, 0.25) is 0 Å². The Labute approximate surface area is 95.5 Å². The van der Waals surface area contributed by atoms with Gasteiger partial charge in [0.05, 0.1) is 11.7 Å². The molecule has 1 aromatic carbocycles. The van der Waals surface area contributed by atoms with E-state index in [9.17, 15) is 9.90 Å². The van der Waals surface area contributed by atoms with Gasteiger partial charge >= 0.3 is 0 Å². The molecule has 0 bridgehead atoms. The van der Waals surface area contributed by atoms with E-state index >= 15 is 0 Å². The second kappa shape index (κ2) is 5.51. The molecule has 0 radical (unpaired) electrons. The molecule has 0 saturated carbocycles. The van der Waals surface area contributed by atoms with Gasteiger partial charge < -0.3 is 16.2 Å². The molecule has 16 heavy (non-hydrogen) atoms. The van der Waals surface area contributed by atoms with Crippen molar-refractivity contribution < 1.29 is 9.90 Å². The third-order valence-corrected chi connectivity index (χ3v) is 2.50. The van der Waals surface area contributed by atoms with Crippen LogP contribution in [-0.2, 0) is 11.2 Å². The second-order valence-corrected chi connectivity index (χ2v) is 3.71. The van der Waals surface area contributed by atoms with Crippen molar-refractivity contribution in [2.45, 2.75) is 32.7 Å². The van der Waals surface area contributed by atoms with E-state index < -0.39 is 6.04 Å². The lowest BCUT2D eigenvalue weighted by Gasteiger charge is -2.12. The number of nitrogens with one attached hydrogen (secondary N) is 1. The largest absolute Gasteiger partial charge is 0.506 e. The first-order valence-corrected chi connectivity index (χ1v) is 5.46. The number of nitrogens with two attached hydrogens (primary N) is 1. The maximum atomic E-state index is 11.5. The van der Waals surface area contributed by atoms with E-state index in [1.165, 1.54) is 0 Å². The highest BCUT2D eigenvalue weighted by molar-refractivity contribution is 5.95. The Morgan fingerprint density at radius 1 is 1.50 bits per heavy atom. The van der Waals surface area contributed by atoms with Gasteiger partial charge in [0.15, 0.2) is 0 Å². The summed E-state index contributed by atoms with van der Waals surface area (Å²) in [5.74, 6) is -0.208. The van der Waals surface area contributed by atoms with Crippen molar-refractivity contribution >= 4 is 11.6 Å². The first-order valence-electron chi connectivity index (χ1n) is 5.46. The molecule has 0 aliphatic heterocycles. The Morgan fingerprint density at radius 2 is 2.19 bits per heavy atom. The van der Waals surface area contributed by atoms with Gasteiger partial charge in [-0.2, -0.15) is 0 Å². The number of hydrogen-bond acceptors (Lipinski definition) is 3. The molecule has 0 unspecified atom stereocenters. The van der Waals surface area contributed by atoms with E-state index in [4.69, 9.17) is 5.73 Å². The van der Waals surface area contributed by atoms with E-state index in [1.807, 2.05) is 19.9 Å². The molecule has 0 heterocycles. The van der Waals surface area contributed by atoms with Crippen LogP contribution in [0.15, 0.2) is 18.2 Å². The van der Waals surface area contributed by atoms with E-state index in [1.54, 1.807) is 12.1 Å². The number of phenols is 1. The number of carbonyl (C=O) groups is 1. The summed E-state index contributed by atoms with van der Waals surface area (Å²) in [6, 6.07) is 4.62. The van der Waals surface area contributed by atoms with Crippen molar-refractivity contribution in [3.8, 4) is 5.75 Å². The summed E-state index contributed by atoms with van der Waals surface area (Å²) in [5.41, 5.74) is 7.07. The molecule has 4 N–H and O–H groups in total. The minimum atomic E-state index is -0.537. The maximum absolute atomic E-state index is 11.5. The lowest BCUT2D eigenvalue weighted by molar-refractivity contribution is -0.117. The van der Waals surface area contributed by atoms with Crippen LogP contribution in [0.4, 0.5) is 5.69 Å². The smallest absolute Gasteiger partial charge is 0.241 e. The number of hydrogen-bond donors (Lipinski definition) is 3. The molecule has 1 aromatic rings. The predicted molar refractivity (Wildman–Crippen MR) is 64.4 cm³/mol. The normalized spacial score (nSPS) is 12.2. The number of aromatic hydroxyl groups is 1. The number of amides is 1. The number of carbonyl (C=O) groups excluding carboxylic acids is 1. The summed E-state index contributed by atoms with van der Waals surface area (Å²) in [4.78, 5) is 11.5. The van der Waals surface area contributed by atoms with Crippen LogP contribution >= 0.6 is 0 Å². The van der Waals surface area contributed by atoms with Crippen LogP contribution in [0.5, 0.6) is 5.75 Å². The highest BCUT2D eigenvalue weighted by Crippen LogP contribution is 2.24. The molecule has 0 fully saturated rings. The van der Waals surface area contributed by atoms with Crippen LogP contribution in [0.3, 0.4) is 0 Å². The predicted octanol–water partition coefficient (Wildman–Crippen LogP) is 1.63. The molecular formula is C12H18N2O2. The Morgan fingerprint density at radius 3 is 2.75 bits per heavy atom. The topological polar surface area (TPSA) is 75.3 Å². The minimum absolute atomic E-state index is 0.0638. The minimum Gasteiger partial charge on any atom is -0.506 e. The average Bonchev–Trinajstić information content (AvgIpc) is 2.30. The fourth-order valence-electron chi connectivity index (χ4n) is 1.31. The monoisotopic (exact) mass is 222 g/mol. The first-order chi connectivity index (χ1) is 7.58. The molecule has 4 nitrogen and oxygen atoms in total. The molecule has 0 aromatic heterocycles. The molecule has 0 spiro atoms. The number of phenolic OH excluding ortho intramolecular Hbond substituents is 1. The maximum Gasteiger partial charge on any atom is 0.241 e. The fourth-order valence-corrected chi connectivity index (χ4v) is 1.31. The lowest BCUT2D eigenvalue weighted by Crippen LogP contribution is -2.34. The van der Waals surface area contributed by atoms with Gasteiger partial charge in [-0.1, -0.05) is 19.9 Å². The van der Waals surface area contributed by atoms with Crippen LogP contribution in [0, 0.1) is 0 Å². The zero-order valence-corrected chi connectivity index (χ0v) is 9.66. The van der Waals surface area contributed by atoms with E-state index in [2.05, 4.69) is 5.32 Å². The van der Waals surface area contributed by atoms with Crippen molar-refractivity contribution in [1.29, 1.82) is 0 Å². The molecule has 4 heteroatoms. The van der Waals surface area contributed by atoms with E-state index in [0.29, 0.717) is 12.1 Å². The Balaban J connectivity index is 2.83. The Hall–Kier alpha value is -1.55. The molecule has 0 aliphatic rings. The van der Waals surface area contributed by atoms with Crippen molar-refractivity contribution in [3.63, 3.8) is 0 Å².